The number of H-pyrrole nitrogens is 1. The van der Waals surface area contributed by atoms with E-state index in [4.69, 9.17) is 0 Å². The number of aromatic amines is 1. The third kappa shape index (κ3) is 2.03. The molecule has 20 heavy (non-hydrogen) atoms. The highest BCUT2D eigenvalue weighted by Gasteiger charge is 2.39. The van der Waals surface area contributed by atoms with Crippen LogP contribution in [0.25, 0.3) is 0 Å². The van der Waals surface area contributed by atoms with Crippen molar-refractivity contribution in [3.05, 3.63) is 17.7 Å². The first-order chi connectivity index (χ1) is 9.81. The van der Waals surface area contributed by atoms with Gasteiger partial charge in [-0.15, -0.1) is 0 Å². The number of carbonyl (C=O) groups is 1. The molecule has 0 aliphatic carbocycles. The number of imidazole rings is 1. The molecule has 3 aliphatic heterocycles. The first-order valence-corrected chi connectivity index (χ1v) is 7.60. The van der Waals surface area contributed by atoms with Crippen molar-refractivity contribution >= 4 is 5.91 Å². The summed E-state index contributed by atoms with van der Waals surface area (Å²) in [6, 6.07) is 0.775. The summed E-state index contributed by atoms with van der Waals surface area (Å²) in [5.41, 5.74) is 2.13. The minimum Gasteiger partial charge on any atom is -0.350 e. The fourth-order valence-electron chi connectivity index (χ4n) is 3.89. The maximum Gasteiger partial charge on any atom is 0.237 e. The Labute approximate surface area is 118 Å². The van der Waals surface area contributed by atoms with E-state index in [9.17, 15) is 4.79 Å². The van der Waals surface area contributed by atoms with Crippen molar-refractivity contribution in [3.8, 4) is 0 Å². The Kier molecular flexibility index (Phi) is 3.00. The predicted molar refractivity (Wildman–Crippen MR) is 74.1 cm³/mol. The first-order valence-electron chi connectivity index (χ1n) is 7.60. The number of carbonyl (C=O) groups excluding carboxylic acids is 1. The van der Waals surface area contributed by atoms with E-state index in [-0.39, 0.29) is 11.9 Å². The van der Waals surface area contributed by atoms with Crippen molar-refractivity contribution in [2.24, 2.45) is 0 Å². The lowest BCUT2D eigenvalue weighted by Crippen LogP contribution is -2.52. The van der Waals surface area contributed by atoms with Crippen LogP contribution in [0.4, 0.5) is 0 Å². The van der Waals surface area contributed by atoms with Gasteiger partial charge in [-0.25, -0.2) is 4.98 Å². The quantitative estimate of drug-likeness (QED) is 0.697. The topological polar surface area (TPSA) is 73.0 Å². The van der Waals surface area contributed by atoms with Gasteiger partial charge in [0.2, 0.25) is 5.91 Å². The SMILES string of the molecule is O=C(NC1CCN2CCCC12)C1Cc2nc[nH]c2CN1. The smallest absolute Gasteiger partial charge is 0.237 e. The van der Waals surface area contributed by atoms with Crippen LogP contribution in [-0.2, 0) is 17.8 Å². The van der Waals surface area contributed by atoms with E-state index >= 15 is 0 Å². The standard InChI is InChI=1S/C14H21N5O/c20-14(11-6-10-12(7-15-11)17-8-16-10)18-9-3-5-19-4-1-2-13(9)19/h8-9,11,13,15H,1-7H2,(H,16,17)(H,18,20). The molecule has 6 nitrogen and oxygen atoms in total. The Hall–Kier alpha value is -1.40. The van der Waals surface area contributed by atoms with Gasteiger partial charge in [0, 0.05) is 31.6 Å². The van der Waals surface area contributed by atoms with Crippen molar-refractivity contribution in [1.29, 1.82) is 0 Å². The lowest BCUT2D eigenvalue weighted by molar-refractivity contribution is -0.124. The van der Waals surface area contributed by atoms with Gasteiger partial charge >= 0.3 is 0 Å². The summed E-state index contributed by atoms with van der Waals surface area (Å²) in [7, 11) is 0. The molecule has 1 aromatic rings. The summed E-state index contributed by atoms with van der Waals surface area (Å²) >= 11 is 0. The first kappa shape index (κ1) is 12.3. The molecule has 0 radical (unpaired) electrons. The summed E-state index contributed by atoms with van der Waals surface area (Å²) in [4.78, 5) is 22.4. The Bertz CT molecular complexity index is 513. The van der Waals surface area contributed by atoms with Gasteiger partial charge in [-0.1, -0.05) is 0 Å². The molecular formula is C14H21N5O. The van der Waals surface area contributed by atoms with Crippen LogP contribution in [0.3, 0.4) is 0 Å². The highest BCUT2D eigenvalue weighted by Crippen LogP contribution is 2.28. The van der Waals surface area contributed by atoms with Gasteiger partial charge < -0.3 is 10.3 Å². The van der Waals surface area contributed by atoms with Crippen LogP contribution in [0.15, 0.2) is 6.33 Å². The molecule has 4 rings (SSSR count). The van der Waals surface area contributed by atoms with Gasteiger partial charge in [0.05, 0.1) is 23.8 Å². The molecular weight excluding hydrogens is 254 g/mol. The summed E-state index contributed by atoms with van der Waals surface area (Å²) in [5.74, 6) is 0.136. The number of amides is 1. The van der Waals surface area contributed by atoms with Crippen LogP contribution >= 0.6 is 0 Å². The average molecular weight is 275 g/mol. The normalized spacial score (nSPS) is 32.9. The van der Waals surface area contributed by atoms with Crippen molar-refractivity contribution < 1.29 is 4.79 Å². The number of rotatable bonds is 2. The molecule has 1 aromatic heterocycles. The van der Waals surface area contributed by atoms with Gasteiger partial charge in [-0.2, -0.15) is 0 Å². The molecule has 0 bridgehead atoms. The minimum absolute atomic E-state index is 0.136. The second-order valence-corrected chi connectivity index (χ2v) is 6.11. The molecule has 3 atom stereocenters. The highest BCUT2D eigenvalue weighted by molar-refractivity contribution is 5.82. The zero-order valence-electron chi connectivity index (χ0n) is 11.6. The molecule has 6 heteroatoms. The van der Waals surface area contributed by atoms with E-state index in [2.05, 4.69) is 25.5 Å². The van der Waals surface area contributed by atoms with Gasteiger partial charge in [-0.05, 0) is 25.8 Å². The van der Waals surface area contributed by atoms with E-state index < -0.39 is 0 Å². The molecule has 108 valence electrons. The number of fused-ring (bicyclic) bond motifs is 2. The second-order valence-electron chi connectivity index (χ2n) is 6.11. The lowest BCUT2D eigenvalue weighted by atomic mass is 10.0. The fourth-order valence-corrected chi connectivity index (χ4v) is 3.89. The van der Waals surface area contributed by atoms with Crippen molar-refractivity contribution in [3.63, 3.8) is 0 Å². The number of nitrogens with zero attached hydrogens (tertiary/aromatic N) is 2. The molecule has 0 aromatic carbocycles. The second kappa shape index (κ2) is 4.86. The highest BCUT2D eigenvalue weighted by atomic mass is 16.2. The number of hydrogen-bond acceptors (Lipinski definition) is 4. The van der Waals surface area contributed by atoms with Gasteiger partial charge in [0.15, 0.2) is 0 Å². The molecule has 2 saturated heterocycles. The Morgan fingerprint density at radius 1 is 1.40 bits per heavy atom. The van der Waals surface area contributed by atoms with E-state index in [1.165, 1.54) is 19.4 Å². The summed E-state index contributed by atoms with van der Waals surface area (Å²) in [6.07, 6.45) is 5.99. The van der Waals surface area contributed by atoms with Crippen LogP contribution in [-0.4, -0.2) is 52.0 Å². The summed E-state index contributed by atoms with van der Waals surface area (Å²) in [6.45, 7) is 3.04. The van der Waals surface area contributed by atoms with Gasteiger partial charge in [0.1, 0.15) is 0 Å². The molecule has 0 saturated carbocycles. The Morgan fingerprint density at radius 3 is 3.30 bits per heavy atom. The zero-order chi connectivity index (χ0) is 13.5. The minimum atomic E-state index is -0.138. The molecule has 1 amide bonds. The number of nitrogens with one attached hydrogen (secondary N) is 3. The Morgan fingerprint density at radius 2 is 2.35 bits per heavy atom. The van der Waals surface area contributed by atoms with Crippen LogP contribution in [0.1, 0.15) is 30.7 Å². The molecule has 0 spiro atoms. The van der Waals surface area contributed by atoms with Crippen LogP contribution in [0.2, 0.25) is 0 Å². The molecule has 3 unspecified atom stereocenters. The molecule has 2 fully saturated rings. The van der Waals surface area contributed by atoms with Gasteiger partial charge in [0.25, 0.3) is 0 Å². The maximum absolute atomic E-state index is 12.4. The largest absolute Gasteiger partial charge is 0.350 e. The van der Waals surface area contributed by atoms with Crippen molar-refractivity contribution in [2.75, 3.05) is 13.1 Å². The predicted octanol–water partition coefficient (Wildman–Crippen LogP) is -0.223. The monoisotopic (exact) mass is 275 g/mol. The van der Waals surface area contributed by atoms with Gasteiger partial charge in [-0.3, -0.25) is 15.0 Å². The third-order valence-corrected chi connectivity index (χ3v) is 4.98. The van der Waals surface area contributed by atoms with E-state index in [1.807, 2.05) is 0 Å². The number of hydrogen-bond donors (Lipinski definition) is 3. The third-order valence-electron chi connectivity index (χ3n) is 4.98. The Balaban J connectivity index is 1.39. The number of aromatic nitrogens is 2. The summed E-state index contributed by atoms with van der Waals surface area (Å²) in [5, 5.41) is 6.56. The van der Waals surface area contributed by atoms with Crippen molar-refractivity contribution in [1.82, 2.24) is 25.5 Å². The zero-order valence-corrected chi connectivity index (χ0v) is 11.6. The lowest BCUT2D eigenvalue weighted by Gasteiger charge is -2.26. The van der Waals surface area contributed by atoms with Crippen LogP contribution in [0.5, 0.6) is 0 Å². The maximum atomic E-state index is 12.4. The van der Waals surface area contributed by atoms with E-state index in [0.29, 0.717) is 25.0 Å². The fraction of sp³-hybridized carbons (Fsp3) is 0.714. The average Bonchev–Trinajstić information content (AvgIpc) is 3.14. The summed E-state index contributed by atoms with van der Waals surface area (Å²) < 4.78 is 0. The van der Waals surface area contributed by atoms with E-state index in [1.54, 1.807) is 6.33 Å². The molecule has 4 heterocycles. The van der Waals surface area contributed by atoms with E-state index in [0.717, 1.165) is 24.4 Å². The van der Waals surface area contributed by atoms with Crippen LogP contribution in [0, 0.1) is 0 Å². The molecule has 3 N–H and O–H groups in total. The van der Waals surface area contributed by atoms with Crippen LogP contribution < -0.4 is 10.6 Å². The van der Waals surface area contributed by atoms with Crippen molar-refractivity contribution in [2.45, 2.75) is 50.4 Å². The molecule has 3 aliphatic rings.